The van der Waals surface area contributed by atoms with Gasteiger partial charge in [0.25, 0.3) is 0 Å². The van der Waals surface area contributed by atoms with Crippen molar-refractivity contribution in [2.45, 2.75) is 64.7 Å². The van der Waals surface area contributed by atoms with Crippen molar-refractivity contribution >= 4 is 11.9 Å². The Bertz CT molecular complexity index is 323. The number of carboxylic acid groups (broad SMARTS) is 1. The Morgan fingerprint density at radius 3 is 2.50 bits per heavy atom. The number of aliphatic carboxylic acids is 1. The maximum Gasteiger partial charge on any atom is 0.320 e. The molecule has 0 heterocycles. The summed E-state index contributed by atoms with van der Waals surface area (Å²) in [5.74, 6) is -1.94. The summed E-state index contributed by atoms with van der Waals surface area (Å²) in [6.45, 7) is 3.33. The molecule has 0 amide bonds. The smallest absolute Gasteiger partial charge is 0.320 e. The van der Waals surface area contributed by atoms with Gasteiger partial charge in [0, 0.05) is 13.2 Å². The average molecular weight is 314 g/mol. The molecule has 0 spiro atoms. The molecule has 0 bridgehead atoms. The van der Waals surface area contributed by atoms with Gasteiger partial charge in [-0.25, -0.2) is 0 Å². The number of rotatable bonds is 11. The standard InChI is InChI=1S/C17H30O5/c1-2-22-17(20)15(16(18)19)10-6-7-12-21-13-11-14-8-4-3-5-9-14/h14-15H,2-13H2,1H3,(H,18,19). The molecule has 0 aromatic carbocycles. The minimum absolute atomic E-state index is 0.215. The van der Waals surface area contributed by atoms with Crippen molar-refractivity contribution in [3.8, 4) is 0 Å². The van der Waals surface area contributed by atoms with Crippen LogP contribution in [0.5, 0.6) is 0 Å². The van der Waals surface area contributed by atoms with Crippen LogP contribution in [0.3, 0.4) is 0 Å². The lowest BCUT2D eigenvalue weighted by Crippen LogP contribution is -2.26. The van der Waals surface area contributed by atoms with Gasteiger partial charge in [-0.2, -0.15) is 0 Å². The van der Waals surface area contributed by atoms with Crippen LogP contribution in [-0.4, -0.2) is 36.9 Å². The van der Waals surface area contributed by atoms with Crippen LogP contribution in [0, 0.1) is 11.8 Å². The lowest BCUT2D eigenvalue weighted by molar-refractivity contribution is -0.158. The third kappa shape index (κ3) is 7.78. The van der Waals surface area contributed by atoms with Crippen molar-refractivity contribution in [1.29, 1.82) is 0 Å². The van der Waals surface area contributed by atoms with E-state index < -0.39 is 17.9 Å². The third-order valence-electron chi connectivity index (χ3n) is 4.30. The SMILES string of the molecule is CCOC(=O)C(CCCCOCCC1CCCCC1)C(=O)O. The molecular weight excluding hydrogens is 284 g/mol. The quantitative estimate of drug-likeness (QED) is 0.359. The van der Waals surface area contributed by atoms with Crippen molar-refractivity contribution in [3.63, 3.8) is 0 Å². The van der Waals surface area contributed by atoms with Crippen LogP contribution in [0.25, 0.3) is 0 Å². The van der Waals surface area contributed by atoms with Crippen LogP contribution < -0.4 is 0 Å². The highest BCUT2D eigenvalue weighted by molar-refractivity contribution is 5.93. The van der Waals surface area contributed by atoms with Crippen LogP contribution in [-0.2, 0) is 19.1 Å². The highest BCUT2D eigenvalue weighted by Crippen LogP contribution is 2.26. The van der Waals surface area contributed by atoms with Crippen LogP contribution in [0.2, 0.25) is 0 Å². The van der Waals surface area contributed by atoms with E-state index in [1.807, 2.05) is 0 Å². The molecule has 1 aliphatic rings. The molecule has 0 radical (unpaired) electrons. The van der Waals surface area contributed by atoms with Gasteiger partial charge >= 0.3 is 11.9 Å². The van der Waals surface area contributed by atoms with E-state index in [1.165, 1.54) is 32.1 Å². The van der Waals surface area contributed by atoms with Crippen LogP contribution in [0.1, 0.15) is 64.7 Å². The van der Waals surface area contributed by atoms with Crippen molar-refractivity contribution in [2.24, 2.45) is 11.8 Å². The molecule has 1 N–H and O–H groups in total. The van der Waals surface area contributed by atoms with Gasteiger partial charge in [0.05, 0.1) is 6.61 Å². The predicted octanol–water partition coefficient (Wildman–Crippen LogP) is 3.41. The van der Waals surface area contributed by atoms with E-state index in [2.05, 4.69) is 0 Å². The first-order chi connectivity index (χ1) is 10.6. The van der Waals surface area contributed by atoms with E-state index >= 15 is 0 Å². The van der Waals surface area contributed by atoms with E-state index in [0.717, 1.165) is 25.4 Å². The van der Waals surface area contributed by atoms with E-state index in [1.54, 1.807) is 6.92 Å². The molecule has 1 aliphatic carbocycles. The van der Waals surface area contributed by atoms with Crippen molar-refractivity contribution < 1.29 is 24.2 Å². The van der Waals surface area contributed by atoms with Crippen molar-refractivity contribution in [1.82, 2.24) is 0 Å². The maximum absolute atomic E-state index is 11.5. The van der Waals surface area contributed by atoms with Crippen LogP contribution >= 0.6 is 0 Å². The van der Waals surface area contributed by atoms with E-state index in [9.17, 15) is 9.59 Å². The average Bonchev–Trinajstić information content (AvgIpc) is 2.50. The molecule has 1 rings (SSSR count). The van der Waals surface area contributed by atoms with E-state index in [-0.39, 0.29) is 6.61 Å². The van der Waals surface area contributed by atoms with Gasteiger partial charge in [0.15, 0.2) is 5.92 Å². The minimum atomic E-state index is -1.10. The van der Waals surface area contributed by atoms with Gasteiger partial charge in [0.2, 0.25) is 0 Å². The summed E-state index contributed by atoms with van der Waals surface area (Å²) in [6, 6.07) is 0. The second-order valence-corrected chi connectivity index (χ2v) is 6.04. The molecule has 0 saturated heterocycles. The van der Waals surface area contributed by atoms with Crippen molar-refractivity contribution in [2.75, 3.05) is 19.8 Å². The fourth-order valence-corrected chi connectivity index (χ4v) is 2.97. The summed E-state index contributed by atoms with van der Waals surface area (Å²) >= 11 is 0. The predicted molar refractivity (Wildman–Crippen MR) is 83.6 cm³/mol. The lowest BCUT2D eigenvalue weighted by atomic mass is 9.87. The maximum atomic E-state index is 11.5. The Kier molecular flexibility index (Phi) is 9.87. The molecule has 1 fully saturated rings. The van der Waals surface area contributed by atoms with Gasteiger partial charge in [-0.05, 0) is 38.5 Å². The zero-order valence-corrected chi connectivity index (χ0v) is 13.7. The molecule has 128 valence electrons. The van der Waals surface area contributed by atoms with Gasteiger partial charge < -0.3 is 14.6 Å². The van der Waals surface area contributed by atoms with Gasteiger partial charge in [-0.1, -0.05) is 32.1 Å². The second-order valence-electron chi connectivity index (χ2n) is 6.04. The number of esters is 1. The first-order valence-corrected chi connectivity index (χ1v) is 8.62. The zero-order valence-electron chi connectivity index (χ0n) is 13.7. The Morgan fingerprint density at radius 2 is 1.86 bits per heavy atom. The molecule has 0 aromatic heterocycles. The molecule has 0 aromatic rings. The van der Waals surface area contributed by atoms with Crippen molar-refractivity contribution in [3.05, 3.63) is 0 Å². The monoisotopic (exact) mass is 314 g/mol. The molecule has 1 unspecified atom stereocenters. The summed E-state index contributed by atoms with van der Waals surface area (Å²) in [5.41, 5.74) is 0. The summed E-state index contributed by atoms with van der Waals surface area (Å²) in [5, 5.41) is 9.02. The normalized spacial score (nSPS) is 17.1. The molecule has 1 atom stereocenters. The molecule has 22 heavy (non-hydrogen) atoms. The zero-order chi connectivity index (χ0) is 16.2. The Morgan fingerprint density at radius 1 is 1.14 bits per heavy atom. The second kappa shape index (κ2) is 11.5. The number of carbonyl (C=O) groups excluding carboxylic acids is 1. The highest BCUT2D eigenvalue weighted by Gasteiger charge is 2.26. The molecule has 1 saturated carbocycles. The van der Waals surface area contributed by atoms with E-state index in [4.69, 9.17) is 14.6 Å². The van der Waals surface area contributed by atoms with E-state index in [0.29, 0.717) is 19.4 Å². The number of unbranched alkanes of at least 4 members (excludes halogenated alkanes) is 1. The molecule has 0 aliphatic heterocycles. The largest absolute Gasteiger partial charge is 0.481 e. The topological polar surface area (TPSA) is 72.8 Å². The third-order valence-corrected chi connectivity index (χ3v) is 4.30. The lowest BCUT2D eigenvalue weighted by Gasteiger charge is -2.21. The molecular formula is C17H30O5. The Labute approximate surface area is 133 Å². The summed E-state index contributed by atoms with van der Waals surface area (Å²) in [4.78, 5) is 22.5. The first-order valence-electron chi connectivity index (χ1n) is 8.62. The van der Waals surface area contributed by atoms with Gasteiger partial charge in [-0.15, -0.1) is 0 Å². The molecule has 5 heteroatoms. The minimum Gasteiger partial charge on any atom is -0.481 e. The fraction of sp³-hybridized carbons (Fsp3) is 0.882. The number of ether oxygens (including phenoxy) is 2. The van der Waals surface area contributed by atoms with Crippen LogP contribution in [0.15, 0.2) is 0 Å². The molecule has 5 nitrogen and oxygen atoms in total. The number of carbonyl (C=O) groups is 2. The highest BCUT2D eigenvalue weighted by atomic mass is 16.5. The Hall–Kier alpha value is -1.10. The van der Waals surface area contributed by atoms with Gasteiger partial charge in [-0.3, -0.25) is 9.59 Å². The first kappa shape index (κ1) is 18.9. The summed E-state index contributed by atoms with van der Waals surface area (Å²) in [6.07, 6.45) is 9.67. The number of hydrogen-bond acceptors (Lipinski definition) is 4. The number of hydrogen-bond donors (Lipinski definition) is 1. The summed E-state index contributed by atoms with van der Waals surface area (Å²) < 4.78 is 10.4. The number of carboxylic acids is 1. The van der Waals surface area contributed by atoms with Gasteiger partial charge in [0.1, 0.15) is 0 Å². The summed E-state index contributed by atoms with van der Waals surface area (Å²) in [7, 11) is 0. The van der Waals surface area contributed by atoms with Crippen LogP contribution in [0.4, 0.5) is 0 Å². The fourth-order valence-electron chi connectivity index (χ4n) is 2.97. The Balaban J connectivity index is 2.03.